The van der Waals surface area contributed by atoms with E-state index in [0.29, 0.717) is 5.56 Å². The molecule has 19 heavy (non-hydrogen) atoms. The van der Waals surface area contributed by atoms with E-state index in [4.69, 9.17) is 0 Å². The van der Waals surface area contributed by atoms with Gasteiger partial charge in [-0.05, 0) is 30.7 Å². The Morgan fingerprint density at radius 3 is 2.32 bits per heavy atom. The maximum Gasteiger partial charge on any atom is 0.127 e. The maximum absolute atomic E-state index is 13.5. The normalized spacial score (nSPS) is 14.1. The smallest absolute Gasteiger partial charge is 0.127 e. The van der Waals surface area contributed by atoms with Crippen LogP contribution in [0.3, 0.4) is 0 Å². The van der Waals surface area contributed by atoms with Crippen LogP contribution in [0.25, 0.3) is 0 Å². The van der Waals surface area contributed by atoms with Crippen LogP contribution < -0.4 is 0 Å². The van der Waals surface area contributed by atoms with E-state index in [2.05, 4.69) is 0 Å². The fraction of sp³-hybridized carbons (Fsp3) is 0.200. The van der Waals surface area contributed by atoms with Gasteiger partial charge in [0.25, 0.3) is 0 Å². The molecule has 2 unspecified atom stereocenters. The van der Waals surface area contributed by atoms with E-state index in [1.807, 2.05) is 0 Å². The van der Waals surface area contributed by atoms with Crippen molar-refractivity contribution < 1.29 is 13.0 Å². The first kappa shape index (κ1) is 13.9. The summed E-state index contributed by atoms with van der Waals surface area (Å²) in [5.74, 6) is -0.511. The molecule has 0 fully saturated rings. The van der Waals surface area contributed by atoms with E-state index in [1.165, 1.54) is 18.2 Å². The lowest BCUT2D eigenvalue weighted by molar-refractivity contribution is 0.614. The summed E-state index contributed by atoms with van der Waals surface area (Å²) < 4.78 is 38.5. The van der Waals surface area contributed by atoms with Crippen LogP contribution in [0, 0.1) is 11.6 Å². The third kappa shape index (κ3) is 3.47. The minimum atomic E-state index is -1.25. The van der Waals surface area contributed by atoms with Crippen molar-refractivity contribution in [3.05, 3.63) is 71.3 Å². The molecule has 0 radical (unpaired) electrons. The van der Waals surface area contributed by atoms with Crippen LogP contribution in [0.15, 0.2) is 48.5 Å². The van der Waals surface area contributed by atoms with Crippen molar-refractivity contribution in [1.29, 1.82) is 0 Å². The Morgan fingerprint density at radius 2 is 1.68 bits per heavy atom. The van der Waals surface area contributed by atoms with Crippen LogP contribution in [0.4, 0.5) is 8.78 Å². The topological polar surface area (TPSA) is 17.1 Å². The van der Waals surface area contributed by atoms with E-state index < -0.39 is 10.8 Å². The number of benzene rings is 2. The average molecular weight is 280 g/mol. The minimum Gasteiger partial charge on any atom is -0.259 e. The number of rotatable bonds is 4. The lowest BCUT2D eigenvalue weighted by Crippen LogP contribution is -2.06. The molecule has 0 aliphatic heterocycles. The van der Waals surface area contributed by atoms with Crippen LogP contribution >= 0.6 is 0 Å². The van der Waals surface area contributed by atoms with Gasteiger partial charge in [-0.25, -0.2) is 8.78 Å². The highest BCUT2D eigenvalue weighted by atomic mass is 32.2. The van der Waals surface area contributed by atoms with Crippen molar-refractivity contribution in [1.82, 2.24) is 0 Å². The Balaban J connectivity index is 2.12. The van der Waals surface area contributed by atoms with Crippen molar-refractivity contribution >= 4 is 10.8 Å². The second-order valence-corrected chi connectivity index (χ2v) is 6.07. The minimum absolute atomic E-state index is 0.158. The average Bonchev–Trinajstić information content (AvgIpc) is 2.41. The SMILES string of the molecule is CC(c1ccc(F)cc1)S(=O)Cc1ccccc1F. The second-order valence-electron chi connectivity index (χ2n) is 4.31. The highest BCUT2D eigenvalue weighted by molar-refractivity contribution is 7.84. The Morgan fingerprint density at radius 1 is 1.05 bits per heavy atom. The van der Waals surface area contributed by atoms with Gasteiger partial charge in [0.05, 0.1) is 11.0 Å². The van der Waals surface area contributed by atoms with Crippen molar-refractivity contribution in [2.75, 3.05) is 0 Å². The molecule has 0 aromatic heterocycles. The van der Waals surface area contributed by atoms with Crippen LogP contribution in [0.1, 0.15) is 23.3 Å². The first-order chi connectivity index (χ1) is 9.08. The Bertz CT molecular complexity index is 581. The van der Waals surface area contributed by atoms with Crippen LogP contribution in [-0.4, -0.2) is 4.21 Å². The number of hydrogen-bond donors (Lipinski definition) is 0. The molecule has 4 heteroatoms. The summed E-state index contributed by atoms with van der Waals surface area (Å²) in [6.45, 7) is 1.80. The third-order valence-corrected chi connectivity index (χ3v) is 4.65. The molecule has 2 aromatic rings. The van der Waals surface area contributed by atoms with Crippen molar-refractivity contribution in [2.24, 2.45) is 0 Å². The Hall–Kier alpha value is -1.55. The summed E-state index contributed by atoms with van der Waals surface area (Å²) in [5.41, 5.74) is 1.23. The number of halogens is 2. The van der Waals surface area contributed by atoms with Gasteiger partial charge in [0, 0.05) is 16.4 Å². The molecule has 2 rings (SSSR count). The van der Waals surface area contributed by atoms with Gasteiger partial charge >= 0.3 is 0 Å². The molecule has 0 aliphatic rings. The molecule has 0 amide bonds. The first-order valence-electron chi connectivity index (χ1n) is 5.94. The van der Waals surface area contributed by atoms with Crippen molar-refractivity contribution in [3.63, 3.8) is 0 Å². The molecule has 2 aromatic carbocycles. The molecule has 0 saturated carbocycles. The molecule has 0 aliphatic carbocycles. The molecule has 0 spiro atoms. The van der Waals surface area contributed by atoms with Gasteiger partial charge < -0.3 is 0 Å². The summed E-state index contributed by atoms with van der Waals surface area (Å²) in [6, 6.07) is 12.2. The zero-order valence-corrected chi connectivity index (χ0v) is 11.3. The van der Waals surface area contributed by atoms with Crippen LogP contribution in [-0.2, 0) is 16.6 Å². The Kier molecular flexibility index (Phi) is 4.43. The fourth-order valence-corrected chi connectivity index (χ4v) is 3.03. The monoisotopic (exact) mass is 280 g/mol. The van der Waals surface area contributed by atoms with Gasteiger partial charge in [-0.15, -0.1) is 0 Å². The molecule has 0 saturated heterocycles. The largest absolute Gasteiger partial charge is 0.259 e. The van der Waals surface area contributed by atoms with Crippen LogP contribution in [0.2, 0.25) is 0 Å². The summed E-state index contributed by atoms with van der Waals surface area (Å²) in [4.78, 5) is 0. The van der Waals surface area contributed by atoms with Crippen molar-refractivity contribution in [2.45, 2.75) is 17.9 Å². The quantitative estimate of drug-likeness (QED) is 0.828. The lowest BCUT2D eigenvalue weighted by Gasteiger charge is -2.12. The van der Waals surface area contributed by atoms with E-state index in [1.54, 1.807) is 37.3 Å². The van der Waals surface area contributed by atoms with Crippen LogP contribution in [0.5, 0.6) is 0 Å². The highest BCUT2D eigenvalue weighted by Gasteiger charge is 2.15. The lowest BCUT2D eigenvalue weighted by atomic mass is 10.2. The van der Waals surface area contributed by atoms with Gasteiger partial charge in [0.15, 0.2) is 0 Å². The van der Waals surface area contributed by atoms with Gasteiger partial charge in [0.1, 0.15) is 11.6 Å². The van der Waals surface area contributed by atoms with E-state index in [9.17, 15) is 13.0 Å². The van der Waals surface area contributed by atoms with E-state index in [-0.39, 0.29) is 22.6 Å². The summed E-state index contributed by atoms with van der Waals surface area (Å²) in [6.07, 6.45) is 0. The molecular weight excluding hydrogens is 266 g/mol. The second kappa shape index (κ2) is 6.06. The molecule has 1 nitrogen and oxygen atoms in total. The van der Waals surface area contributed by atoms with Gasteiger partial charge in [-0.2, -0.15) is 0 Å². The fourth-order valence-electron chi connectivity index (χ4n) is 1.78. The van der Waals surface area contributed by atoms with E-state index >= 15 is 0 Å². The molecule has 2 atom stereocenters. The molecule has 0 heterocycles. The van der Waals surface area contributed by atoms with Gasteiger partial charge in [-0.3, -0.25) is 4.21 Å². The molecule has 0 bridgehead atoms. The summed E-state index contributed by atoms with van der Waals surface area (Å²) in [5, 5.41) is -0.264. The Labute approximate surface area is 113 Å². The van der Waals surface area contributed by atoms with Gasteiger partial charge in [-0.1, -0.05) is 30.3 Å². The zero-order chi connectivity index (χ0) is 13.8. The zero-order valence-electron chi connectivity index (χ0n) is 10.5. The predicted octanol–water partition coefficient (Wildman–Crippen LogP) is 3.97. The van der Waals surface area contributed by atoms with E-state index in [0.717, 1.165) is 5.56 Å². The maximum atomic E-state index is 13.5. The molecule has 0 N–H and O–H groups in total. The number of hydrogen-bond acceptors (Lipinski definition) is 1. The first-order valence-corrected chi connectivity index (χ1v) is 7.32. The standard InChI is InChI=1S/C15H14F2OS/c1-11(12-6-8-14(16)9-7-12)19(18)10-13-4-2-3-5-15(13)17/h2-9,11H,10H2,1H3. The summed E-state index contributed by atoms with van der Waals surface area (Å²) in [7, 11) is -1.25. The summed E-state index contributed by atoms with van der Waals surface area (Å²) >= 11 is 0. The van der Waals surface area contributed by atoms with Gasteiger partial charge in [0.2, 0.25) is 0 Å². The third-order valence-electron chi connectivity index (χ3n) is 2.99. The van der Waals surface area contributed by atoms with Crippen molar-refractivity contribution in [3.8, 4) is 0 Å². The predicted molar refractivity (Wildman–Crippen MR) is 73.1 cm³/mol. The molecule has 100 valence electrons. The highest BCUT2D eigenvalue weighted by Crippen LogP contribution is 2.23. The molecular formula is C15H14F2OS.